The molecule has 4 heteroatoms. The minimum atomic E-state index is -0.954. The van der Waals surface area contributed by atoms with E-state index in [4.69, 9.17) is 5.11 Å². The average molecular weight is 258 g/mol. The predicted octanol–water partition coefficient (Wildman–Crippen LogP) is 3.26. The molecule has 0 radical (unpaired) electrons. The number of hydrogen-bond acceptors (Lipinski definition) is 1. The van der Waals surface area contributed by atoms with Crippen LogP contribution in [0.4, 0.5) is 10.5 Å². The van der Waals surface area contributed by atoms with Gasteiger partial charge in [0.1, 0.15) is 0 Å². The normalized spacial score (nSPS) is 12.2. The summed E-state index contributed by atoms with van der Waals surface area (Å²) in [5.74, 6) is 0. The van der Waals surface area contributed by atoms with Crippen molar-refractivity contribution in [3.63, 3.8) is 0 Å². The number of hydrogen-bond donors (Lipinski definition) is 1. The van der Waals surface area contributed by atoms with Gasteiger partial charge in [-0.15, -0.1) is 0 Å². The number of anilines is 1. The van der Waals surface area contributed by atoms with Gasteiger partial charge in [-0.1, -0.05) is 28.1 Å². The lowest BCUT2D eigenvalue weighted by atomic mass is 10.1. The molecule has 1 amide bonds. The van der Waals surface area contributed by atoms with Crippen molar-refractivity contribution < 1.29 is 9.90 Å². The zero-order valence-corrected chi connectivity index (χ0v) is 9.65. The van der Waals surface area contributed by atoms with Gasteiger partial charge in [-0.2, -0.15) is 0 Å². The van der Waals surface area contributed by atoms with E-state index < -0.39 is 6.09 Å². The molecule has 1 rings (SSSR count). The molecule has 1 aromatic rings. The van der Waals surface area contributed by atoms with Gasteiger partial charge in [-0.05, 0) is 24.6 Å². The number of carbonyl (C=O) groups is 1. The third-order valence-corrected chi connectivity index (χ3v) is 2.53. The summed E-state index contributed by atoms with van der Waals surface area (Å²) in [6, 6.07) is 7.43. The maximum atomic E-state index is 10.7. The Hall–Kier alpha value is -1.03. The van der Waals surface area contributed by atoms with E-state index in [-0.39, 0.29) is 4.83 Å². The highest BCUT2D eigenvalue weighted by atomic mass is 79.9. The smallest absolute Gasteiger partial charge is 0.411 e. The van der Waals surface area contributed by atoms with E-state index in [1.807, 2.05) is 25.1 Å². The molecule has 1 unspecified atom stereocenters. The molecule has 0 bridgehead atoms. The molecule has 0 heterocycles. The van der Waals surface area contributed by atoms with Crippen LogP contribution in [0, 0.1) is 0 Å². The van der Waals surface area contributed by atoms with Gasteiger partial charge < -0.3 is 5.11 Å². The minimum Gasteiger partial charge on any atom is -0.465 e. The first-order valence-corrected chi connectivity index (χ1v) is 5.14. The molecule has 1 aromatic carbocycles. The van der Waals surface area contributed by atoms with E-state index in [0.29, 0.717) is 5.69 Å². The van der Waals surface area contributed by atoms with Crippen molar-refractivity contribution in [1.29, 1.82) is 0 Å². The van der Waals surface area contributed by atoms with Crippen molar-refractivity contribution in [2.45, 2.75) is 11.8 Å². The Bertz CT molecular complexity index is 339. The molecule has 1 N–H and O–H groups in total. The Morgan fingerprint density at radius 3 is 2.71 bits per heavy atom. The molecule has 3 nitrogen and oxygen atoms in total. The number of nitrogens with zero attached hydrogens (tertiary/aromatic N) is 1. The zero-order chi connectivity index (χ0) is 10.7. The Kier molecular flexibility index (Phi) is 3.52. The van der Waals surface area contributed by atoms with Crippen molar-refractivity contribution in [2.24, 2.45) is 0 Å². The SMILES string of the molecule is CC(Br)c1cccc(N(C)C(=O)O)c1. The van der Waals surface area contributed by atoms with Crippen LogP contribution in [-0.2, 0) is 0 Å². The van der Waals surface area contributed by atoms with Crippen LogP contribution in [0.5, 0.6) is 0 Å². The summed E-state index contributed by atoms with van der Waals surface area (Å²) in [7, 11) is 1.53. The summed E-state index contributed by atoms with van der Waals surface area (Å²) >= 11 is 3.44. The van der Waals surface area contributed by atoms with Crippen LogP contribution >= 0.6 is 15.9 Å². The fraction of sp³-hybridized carbons (Fsp3) is 0.300. The van der Waals surface area contributed by atoms with Crippen molar-refractivity contribution in [1.82, 2.24) is 0 Å². The summed E-state index contributed by atoms with van der Waals surface area (Å²) in [6.45, 7) is 2.00. The molecule has 0 aliphatic carbocycles. The molecule has 0 aliphatic rings. The lowest BCUT2D eigenvalue weighted by Crippen LogP contribution is -2.23. The van der Waals surface area contributed by atoms with E-state index >= 15 is 0 Å². The highest BCUT2D eigenvalue weighted by Crippen LogP contribution is 2.25. The van der Waals surface area contributed by atoms with Crippen molar-refractivity contribution >= 4 is 27.7 Å². The quantitative estimate of drug-likeness (QED) is 0.827. The molecule has 0 saturated carbocycles. The second kappa shape index (κ2) is 4.46. The summed E-state index contributed by atoms with van der Waals surface area (Å²) in [5, 5.41) is 8.78. The molecular weight excluding hydrogens is 246 g/mol. The van der Waals surface area contributed by atoms with Gasteiger partial charge in [0, 0.05) is 17.6 Å². The van der Waals surface area contributed by atoms with E-state index in [1.54, 1.807) is 6.07 Å². The van der Waals surface area contributed by atoms with E-state index in [2.05, 4.69) is 15.9 Å². The first-order chi connectivity index (χ1) is 6.52. The van der Waals surface area contributed by atoms with Crippen LogP contribution in [0.3, 0.4) is 0 Å². The highest BCUT2D eigenvalue weighted by Gasteiger charge is 2.09. The Labute approximate surface area is 91.5 Å². The lowest BCUT2D eigenvalue weighted by molar-refractivity contribution is 0.203. The van der Waals surface area contributed by atoms with Crippen LogP contribution in [0.25, 0.3) is 0 Å². The second-order valence-corrected chi connectivity index (χ2v) is 4.43. The number of amides is 1. The Morgan fingerprint density at radius 1 is 1.57 bits per heavy atom. The van der Waals surface area contributed by atoms with Crippen molar-refractivity contribution in [2.75, 3.05) is 11.9 Å². The third kappa shape index (κ3) is 2.48. The van der Waals surface area contributed by atoms with Gasteiger partial charge in [-0.25, -0.2) is 4.79 Å². The van der Waals surface area contributed by atoms with Crippen molar-refractivity contribution in [3.8, 4) is 0 Å². The lowest BCUT2D eigenvalue weighted by Gasteiger charge is -2.14. The van der Waals surface area contributed by atoms with Crippen LogP contribution < -0.4 is 4.90 Å². The summed E-state index contributed by atoms with van der Waals surface area (Å²) in [4.78, 5) is 12.1. The summed E-state index contributed by atoms with van der Waals surface area (Å²) in [6.07, 6.45) is -0.954. The van der Waals surface area contributed by atoms with Gasteiger partial charge in [0.25, 0.3) is 0 Å². The maximum Gasteiger partial charge on any atom is 0.411 e. The average Bonchev–Trinajstić information content (AvgIpc) is 2.16. The molecular formula is C10H12BrNO2. The maximum absolute atomic E-state index is 10.7. The minimum absolute atomic E-state index is 0.227. The van der Waals surface area contributed by atoms with Crippen LogP contribution in [0.1, 0.15) is 17.3 Å². The van der Waals surface area contributed by atoms with Gasteiger partial charge >= 0.3 is 6.09 Å². The van der Waals surface area contributed by atoms with E-state index in [9.17, 15) is 4.79 Å². The van der Waals surface area contributed by atoms with Crippen LogP contribution in [0.15, 0.2) is 24.3 Å². The van der Waals surface area contributed by atoms with E-state index in [0.717, 1.165) is 5.56 Å². The number of carboxylic acid groups (broad SMARTS) is 1. The monoisotopic (exact) mass is 257 g/mol. The standard InChI is InChI=1S/C10H12BrNO2/c1-7(11)8-4-3-5-9(6-8)12(2)10(13)14/h3-7H,1-2H3,(H,13,14). The van der Waals surface area contributed by atoms with E-state index in [1.165, 1.54) is 11.9 Å². The molecule has 0 aromatic heterocycles. The molecule has 14 heavy (non-hydrogen) atoms. The zero-order valence-electron chi connectivity index (χ0n) is 8.07. The first kappa shape index (κ1) is 11.0. The molecule has 0 spiro atoms. The number of benzene rings is 1. The molecule has 0 fully saturated rings. The highest BCUT2D eigenvalue weighted by molar-refractivity contribution is 9.09. The fourth-order valence-electron chi connectivity index (χ4n) is 1.09. The van der Waals surface area contributed by atoms with Gasteiger partial charge in [0.05, 0.1) is 0 Å². The van der Waals surface area contributed by atoms with Crippen LogP contribution in [-0.4, -0.2) is 18.2 Å². The van der Waals surface area contributed by atoms with Crippen molar-refractivity contribution in [3.05, 3.63) is 29.8 Å². The second-order valence-electron chi connectivity index (χ2n) is 3.05. The number of halogens is 1. The largest absolute Gasteiger partial charge is 0.465 e. The molecule has 1 atom stereocenters. The van der Waals surface area contributed by atoms with Gasteiger partial charge in [0.15, 0.2) is 0 Å². The Morgan fingerprint density at radius 2 is 2.21 bits per heavy atom. The first-order valence-electron chi connectivity index (χ1n) is 4.23. The number of alkyl halides is 1. The summed E-state index contributed by atoms with van der Waals surface area (Å²) in [5.41, 5.74) is 1.75. The summed E-state index contributed by atoms with van der Waals surface area (Å²) < 4.78 is 0. The molecule has 0 aliphatic heterocycles. The third-order valence-electron chi connectivity index (χ3n) is 2.00. The van der Waals surface area contributed by atoms with Crippen LogP contribution in [0.2, 0.25) is 0 Å². The fourth-order valence-corrected chi connectivity index (χ4v) is 1.38. The van der Waals surface area contributed by atoms with Gasteiger partial charge in [-0.3, -0.25) is 4.90 Å². The molecule has 0 saturated heterocycles. The number of rotatable bonds is 2. The predicted molar refractivity (Wildman–Crippen MR) is 60.2 cm³/mol. The molecule has 76 valence electrons. The topological polar surface area (TPSA) is 40.5 Å². The van der Waals surface area contributed by atoms with Gasteiger partial charge in [0.2, 0.25) is 0 Å². The Balaban J connectivity index is 2.99.